The van der Waals surface area contributed by atoms with E-state index in [-0.39, 0.29) is 17.9 Å². The first-order chi connectivity index (χ1) is 10.4. The van der Waals surface area contributed by atoms with E-state index in [4.69, 9.17) is 0 Å². The SMILES string of the molecule is Cc1cccc(CC(=O)Nc2ccc(C)c(C(=O)O)c2C)c1. The van der Waals surface area contributed by atoms with Crippen LogP contribution in [0.2, 0.25) is 0 Å². The maximum atomic E-state index is 12.2. The number of carbonyl (C=O) groups is 2. The summed E-state index contributed by atoms with van der Waals surface area (Å²) < 4.78 is 0. The molecule has 0 aliphatic heterocycles. The van der Waals surface area contributed by atoms with Crippen LogP contribution < -0.4 is 5.32 Å². The van der Waals surface area contributed by atoms with Gasteiger partial charge in [0, 0.05) is 5.69 Å². The van der Waals surface area contributed by atoms with Gasteiger partial charge >= 0.3 is 5.97 Å². The maximum absolute atomic E-state index is 12.2. The third-order valence-corrected chi connectivity index (χ3v) is 3.61. The molecule has 114 valence electrons. The van der Waals surface area contributed by atoms with Crippen LogP contribution in [0.4, 0.5) is 5.69 Å². The quantitative estimate of drug-likeness (QED) is 0.907. The fourth-order valence-corrected chi connectivity index (χ4v) is 2.51. The number of carboxylic acids is 1. The summed E-state index contributed by atoms with van der Waals surface area (Å²) in [6.07, 6.45) is 0.261. The van der Waals surface area contributed by atoms with Gasteiger partial charge in [-0.25, -0.2) is 4.79 Å². The van der Waals surface area contributed by atoms with E-state index in [2.05, 4.69) is 5.32 Å². The Hall–Kier alpha value is -2.62. The van der Waals surface area contributed by atoms with Crippen molar-refractivity contribution in [1.29, 1.82) is 0 Å². The number of carbonyl (C=O) groups excluding carboxylic acids is 1. The number of carboxylic acid groups (broad SMARTS) is 1. The van der Waals surface area contributed by atoms with Gasteiger partial charge in [-0.1, -0.05) is 35.9 Å². The van der Waals surface area contributed by atoms with Gasteiger partial charge in [-0.05, 0) is 43.5 Å². The van der Waals surface area contributed by atoms with Crippen LogP contribution in [0, 0.1) is 20.8 Å². The van der Waals surface area contributed by atoms with E-state index < -0.39 is 5.97 Å². The molecule has 0 aliphatic carbocycles. The zero-order valence-electron chi connectivity index (χ0n) is 12.9. The van der Waals surface area contributed by atoms with Crippen LogP contribution in [-0.2, 0) is 11.2 Å². The van der Waals surface area contributed by atoms with E-state index >= 15 is 0 Å². The molecule has 22 heavy (non-hydrogen) atoms. The zero-order chi connectivity index (χ0) is 16.3. The fraction of sp³-hybridized carbons (Fsp3) is 0.222. The predicted octanol–water partition coefficient (Wildman–Crippen LogP) is 3.49. The average Bonchev–Trinajstić information content (AvgIpc) is 2.41. The number of hydrogen-bond donors (Lipinski definition) is 2. The third kappa shape index (κ3) is 3.52. The Bertz CT molecular complexity index is 735. The van der Waals surface area contributed by atoms with Gasteiger partial charge in [0.2, 0.25) is 5.91 Å². The molecule has 0 saturated heterocycles. The smallest absolute Gasteiger partial charge is 0.336 e. The fourth-order valence-electron chi connectivity index (χ4n) is 2.51. The molecule has 0 unspecified atom stereocenters. The Balaban J connectivity index is 2.19. The van der Waals surface area contributed by atoms with Crippen molar-refractivity contribution in [3.05, 3.63) is 64.2 Å². The number of rotatable bonds is 4. The molecule has 0 radical (unpaired) electrons. The normalized spacial score (nSPS) is 10.3. The molecule has 2 aromatic carbocycles. The summed E-state index contributed by atoms with van der Waals surface area (Å²) in [5.41, 5.74) is 4.08. The van der Waals surface area contributed by atoms with Gasteiger partial charge in [-0.2, -0.15) is 0 Å². The van der Waals surface area contributed by atoms with Crippen molar-refractivity contribution in [1.82, 2.24) is 0 Å². The molecule has 0 saturated carbocycles. The second-order valence-electron chi connectivity index (χ2n) is 5.45. The number of benzene rings is 2. The highest BCUT2D eigenvalue weighted by Gasteiger charge is 2.15. The Morgan fingerprint density at radius 1 is 1.09 bits per heavy atom. The van der Waals surface area contributed by atoms with Gasteiger partial charge in [0.15, 0.2) is 0 Å². The van der Waals surface area contributed by atoms with E-state index in [0.717, 1.165) is 11.1 Å². The van der Waals surface area contributed by atoms with Gasteiger partial charge < -0.3 is 10.4 Å². The van der Waals surface area contributed by atoms with E-state index in [1.54, 1.807) is 26.0 Å². The highest BCUT2D eigenvalue weighted by Crippen LogP contribution is 2.22. The number of aromatic carboxylic acids is 1. The monoisotopic (exact) mass is 297 g/mol. The average molecular weight is 297 g/mol. The minimum atomic E-state index is -0.982. The van der Waals surface area contributed by atoms with Crippen molar-refractivity contribution < 1.29 is 14.7 Å². The van der Waals surface area contributed by atoms with Crippen molar-refractivity contribution in [2.75, 3.05) is 5.32 Å². The number of nitrogens with one attached hydrogen (secondary N) is 1. The highest BCUT2D eigenvalue weighted by atomic mass is 16.4. The molecule has 0 fully saturated rings. The lowest BCUT2D eigenvalue weighted by Gasteiger charge is -2.12. The lowest BCUT2D eigenvalue weighted by Crippen LogP contribution is -2.16. The first kappa shape index (κ1) is 15.8. The molecule has 2 aromatic rings. The Kier molecular flexibility index (Phi) is 4.61. The van der Waals surface area contributed by atoms with Crippen molar-refractivity contribution >= 4 is 17.6 Å². The maximum Gasteiger partial charge on any atom is 0.336 e. The van der Waals surface area contributed by atoms with Crippen molar-refractivity contribution in [3.63, 3.8) is 0 Å². The molecular weight excluding hydrogens is 278 g/mol. The summed E-state index contributed by atoms with van der Waals surface area (Å²) in [5, 5.41) is 12.1. The molecule has 1 amide bonds. The Morgan fingerprint density at radius 3 is 2.45 bits per heavy atom. The number of anilines is 1. The lowest BCUT2D eigenvalue weighted by atomic mass is 10.0. The lowest BCUT2D eigenvalue weighted by molar-refractivity contribution is -0.115. The largest absolute Gasteiger partial charge is 0.478 e. The van der Waals surface area contributed by atoms with Crippen LogP contribution in [0.3, 0.4) is 0 Å². The molecule has 0 bridgehead atoms. The van der Waals surface area contributed by atoms with Crippen LogP contribution in [-0.4, -0.2) is 17.0 Å². The van der Waals surface area contributed by atoms with Crippen LogP contribution in [0.15, 0.2) is 36.4 Å². The Morgan fingerprint density at radius 2 is 1.82 bits per heavy atom. The topological polar surface area (TPSA) is 66.4 Å². The van der Waals surface area contributed by atoms with E-state index in [1.807, 2.05) is 31.2 Å². The summed E-state index contributed by atoms with van der Waals surface area (Å²) in [7, 11) is 0. The van der Waals surface area contributed by atoms with E-state index in [9.17, 15) is 14.7 Å². The van der Waals surface area contributed by atoms with Gasteiger partial charge in [0.05, 0.1) is 12.0 Å². The highest BCUT2D eigenvalue weighted by molar-refractivity contribution is 5.97. The van der Waals surface area contributed by atoms with Gasteiger partial charge in [-0.15, -0.1) is 0 Å². The third-order valence-electron chi connectivity index (χ3n) is 3.61. The summed E-state index contributed by atoms with van der Waals surface area (Å²) in [5.74, 6) is -1.14. The van der Waals surface area contributed by atoms with Gasteiger partial charge in [-0.3, -0.25) is 4.79 Å². The first-order valence-corrected chi connectivity index (χ1v) is 7.07. The second-order valence-corrected chi connectivity index (χ2v) is 5.45. The standard InChI is InChI=1S/C18H19NO3/c1-11-5-4-6-14(9-11)10-16(20)19-15-8-7-12(2)17(13(15)3)18(21)22/h4-9H,10H2,1-3H3,(H,19,20)(H,21,22). The number of amides is 1. The summed E-state index contributed by atoms with van der Waals surface area (Å²) in [4.78, 5) is 23.4. The van der Waals surface area contributed by atoms with Crippen LogP contribution in [0.25, 0.3) is 0 Å². The second kappa shape index (κ2) is 6.43. The van der Waals surface area contributed by atoms with Crippen LogP contribution in [0.1, 0.15) is 32.6 Å². The molecule has 2 rings (SSSR count). The van der Waals surface area contributed by atoms with Crippen molar-refractivity contribution in [2.45, 2.75) is 27.2 Å². The number of hydrogen-bond acceptors (Lipinski definition) is 2. The molecule has 0 spiro atoms. The van der Waals surface area contributed by atoms with Crippen LogP contribution >= 0.6 is 0 Å². The molecule has 4 heteroatoms. The summed E-state index contributed by atoms with van der Waals surface area (Å²) in [6, 6.07) is 11.2. The van der Waals surface area contributed by atoms with E-state index in [1.165, 1.54) is 0 Å². The summed E-state index contributed by atoms with van der Waals surface area (Å²) >= 11 is 0. The molecule has 0 atom stereocenters. The van der Waals surface area contributed by atoms with Crippen LogP contribution in [0.5, 0.6) is 0 Å². The van der Waals surface area contributed by atoms with E-state index in [0.29, 0.717) is 16.8 Å². The number of aryl methyl sites for hydroxylation is 2. The predicted molar refractivity (Wildman–Crippen MR) is 86.4 cm³/mol. The molecular formula is C18H19NO3. The molecule has 4 nitrogen and oxygen atoms in total. The minimum absolute atomic E-state index is 0.158. The zero-order valence-corrected chi connectivity index (χ0v) is 12.9. The van der Waals surface area contributed by atoms with Gasteiger partial charge in [0.1, 0.15) is 0 Å². The minimum Gasteiger partial charge on any atom is -0.478 e. The van der Waals surface area contributed by atoms with Crippen molar-refractivity contribution in [2.24, 2.45) is 0 Å². The Labute approximate surface area is 129 Å². The molecule has 0 heterocycles. The molecule has 0 aromatic heterocycles. The first-order valence-electron chi connectivity index (χ1n) is 7.07. The summed E-state index contributed by atoms with van der Waals surface area (Å²) in [6.45, 7) is 5.43. The van der Waals surface area contributed by atoms with Crippen molar-refractivity contribution in [3.8, 4) is 0 Å². The molecule has 0 aliphatic rings. The molecule has 2 N–H and O–H groups in total. The van der Waals surface area contributed by atoms with Gasteiger partial charge in [0.25, 0.3) is 0 Å².